The van der Waals surface area contributed by atoms with E-state index in [4.69, 9.17) is 32.7 Å². The Hall–Kier alpha value is -2.45. The van der Waals surface area contributed by atoms with Gasteiger partial charge in [-0.05, 0) is 48.7 Å². The molecule has 186 valence electrons. The smallest absolute Gasteiger partial charge is 0.392 e. The van der Waals surface area contributed by atoms with Gasteiger partial charge in [0.2, 0.25) is 5.91 Å². The molecule has 0 aliphatic carbocycles. The van der Waals surface area contributed by atoms with Crippen molar-refractivity contribution in [1.82, 2.24) is 0 Å². The van der Waals surface area contributed by atoms with Gasteiger partial charge < -0.3 is 14.8 Å². The molecule has 1 amide bonds. The molecule has 3 atom stereocenters. The highest BCUT2D eigenvalue weighted by Gasteiger charge is 2.45. The van der Waals surface area contributed by atoms with E-state index in [-0.39, 0.29) is 39.6 Å². The maximum absolute atomic E-state index is 13.7. The summed E-state index contributed by atoms with van der Waals surface area (Å²) in [6, 6.07) is 8.77. The minimum Gasteiger partial charge on any atom is -0.495 e. The van der Waals surface area contributed by atoms with Crippen molar-refractivity contribution in [3.8, 4) is 5.75 Å². The van der Waals surface area contributed by atoms with Crippen LogP contribution in [-0.4, -0.2) is 31.8 Å². The van der Waals surface area contributed by atoms with Crippen molar-refractivity contribution in [2.75, 3.05) is 19.0 Å². The molecule has 3 unspecified atom stereocenters. The summed E-state index contributed by atoms with van der Waals surface area (Å²) < 4.78 is 51.1. The normalized spacial score (nSPS) is 14.1. The van der Waals surface area contributed by atoms with Gasteiger partial charge in [-0.3, -0.25) is 9.59 Å². The van der Waals surface area contributed by atoms with Gasteiger partial charge in [-0.25, -0.2) is 0 Å². The van der Waals surface area contributed by atoms with Crippen molar-refractivity contribution < 1.29 is 32.2 Å². The lowest BCUT2D eigenvalue weighted by Gasteiger charge is -2.26. The molecule has 1 N–H and O–H groups in total. The van der Waals surface area contributed by atoms with Crippen LogP contribution in [0.5, 0.6) is 5.75 Å². The molecule has 0 fully saturated rings. The Morgan fingerprint density at radius 1 is 1.06 bits per heavy atom. The van der Waals surface area contributed by atoms with Gasteiger partial charge in [-0.1, -0.05) is 49.2 Å². The van der Waals surface area contributed by atoms with Crippen LogP contribution in [0, 0.1) is 11.8 Å². The Bertz CT molecular complexity index is 1030. The molecule has 0 spiro atoms. The van der Waals surface area contributed by atoms with Gasteiger partial charge in [0.1, 0.15) is 5.75 Å². The average molecular weight is 520 g/mol. The third-order valence-electron chi connectivity index (χ3n) is 5.35. The Morgan fingerprint density at radius 2 is 1.71 bits per heavy atom. The van der Waals surface area contributed by atoms with Crippen molar-refractivity contribution >= 4 is 40.8 Å². The van der Waals surface area contributed by atoms with E-state index >= 15 is 0 Å². The number of hydrogen-bond donors (Lipinski definition) is 1. The number of methoxy groups -OCH3 is 1. The predicted molar refractivity (Wildman–Crippen MR) is 126 cm³/mol. The second-order valence-corrected chi connectivity index (χ2v) is 8.68. The molecule has 2 aromatic carbocycles. The van der Waals surface area contributed by atoms with E-state index in [1.807, 2.05) is 0 Å². The maximum atomic E-state index is 13.7. The standard InChI is InChI=1S/C24H26Cl2F3NO4/c1-5-34-23(32)13(2)10-15-6-8-17(25)19(11-15)30-22(31)21(14(3)24(27,28)29)16-7-9-18(26)20(12-16)33-4/h6-9,11-14,21H,5,10H2,1-4H3,(H,30,31). The zero-order chi connectivity index (χ0) is 25.6. The SMILES string of the molecule is CCOC(=O)C(C)Cc1ccc(Cl)c(NC(=O)C(c2ccc(Cl)c(OC)c2)C(C)C(F)(F)F)c1. The molecule has 0 saturated carbocycles. The van der Waals surface area contributed by atoms with E-state index in [9.17, 15) is 22.8 Å². The molecular formula is C24H26Cl2F3NO4. The monoisotopic (exact) mass is 519 g/mol. The summed E-state index contributed by atoms with van der Waals surface area (Å²) in [7, 11) is 1.33. The number of carbonyl (C=O) groups excluding carboxylic acids is 2. The topological polar surface area (TPSA) is 64.6 Å². The number of benzene rings is 2. The summed E-state index contributed by atoms with van der Waals surface area (Å²) in [6.07, 6.45) is -4.34. The van der Waals surface area contributed by atoms with Crippen LogP contribution in [0.1, 0.15) is 37.8 Å². The second kappa shape index (κ2) is 11.8. The van der Waals surface area contributed by atoms with E-state index < -0.39 is 29.8 Å². The Labute approximate surface area is 206 Å². The average Bonchev–Trinajstić information content (AvgIpc) is 2.76. The number of halogens is 5. The Morgan fingerprint density at radius 3 is 2.29 bits per heavy atom. The first-order valence-electron chi connectivity index (χ1n) is 10.5. The molecule has 0 radical (unpaired) electrons. The van der Waals surface area contributed by atoms with Gasteiger partial charge in [0.05, 0.1) is 47.2 Å². The quantitative estimate of drug-likeness (QED) is 0.376. The Kier molecular flexibility index (Phi) is 9.64. The summed E-state index contributed by atoms with van der Waals surface area (Å²) in [5.41, 5.74) is 0.890. The maximum Gasteiger partial charge on any atom is 0.392 e. The lowest BCUT2D eigenvalue weighted by atomic mass is 9.85. The van der Waals surface area contributed by atoms with Crippen molar-refractivity contribution in [3.05, 3.63) is 57.6 Å². The van der Waals surface area contributed by atoms with Crippen LogP contribution in [0.25, 0.3) is 0 Å². The van der Waals surface area contributed by atoms with Gasteiger partial charge in [-0.2, -0.15) is 13.2 Å². The summed E-state index contributed by atoms with van der Waals surface area (Å²) in [6.45, 7) is 4.58. The number of rotatable bonds is 9. The van der Waals surface area contributed by atoms with E-state index in [0.29, 0.717) is 12.0 Å². The largest absolute Gasteiger partial charge is 0.495 e. The van der Waals surface area contributed by atoms with Gasteiger partial charge in [-0.15, -0.1) is 0 Å². The molecule has 2 aromatic rings. The number of esters is 1. The first-order valence-corrected chi connectivity index (χ1v) is 11.3. The summed E-state index contributed by atoms with van der Waals surface area (Å²) in [5, 5.41) is 2.87. The van der Waals surface area contributed by atoms with Gasteiger partial charge in [0.15, 0.2) is 0 Å². The minimum atomic E-state index is -4.64. The zero-order valence-corrected chi connectivity index (χ0v) is 20.6. The fourth-order valence-corrected chi connectivity index (χ4v) is 3.81. The number of amides is 1. The lowest BCUT2D eigenvalue weighted by Crippen LogP contribution is -2.34. The van der Waals surface area contributed by atoms with Crippen LogP contribution in [0.4, 0.5) is 18.9 Å². The van der Waals surface area contributed by atoms with Gasteiger partial charge in [0.25, 0.3) is 0 Å². The highest BCUT2D eigenvalue weighted by molar-refractivity contribution is 6.33. The number of hydrogen-bond acceptors (Lipinski definition) is 4. The fourth-order valence-electron chi connectivity index (χ4n) is 3.45. The highest BCUT2D eigenvalue weighted by atomic mass is 35.5. The van der Waals surface area contributed by atoms with E-state index in [1.165, 1.54) is 37.4 Å². The molecule has 0 aliphatic rings. The van der Waals surface area contributed by atoms with Crippen LogP contribution >= 0.6 is 23.2 Å². The Balaban J connectivity index is 2.37. The number of anilines is 1. The first kappa shape index (κ1) is 27.8. The van der Waals surface area contributed by atoms with Crippen LogP contribution in [0.2, 0.25) is 10.0 Å². The number of nitrogens with one attached hydrogen (secondary N) is 1. The summed E-state index contributed by atoms with van der Waals surface area (Å²) >= 11 is 12.2. The fraction of sp³-hybridized carbons (Fsp3) is 0.417. The third-order valence-corrected chi connectivity index (χ3v) is 5.99. The van der Waals surface area contributed by atoms with Gasteiger partial charge in [0, 0.05) is 0 Å². The molecule has 2 rings (SSSR count). The molecule has 0 saturated heterocycles. The van der Waals surface area contributed by atoms with Crippen molar-refractivity contribution in [2.45, 2.75) is 39.3 Å². The predicted octanol–water partition coefficient (Wildman–Crippen LogP) is 6.66. The summed E-state index contributed by atoms with van der Waals surface area (Å²) in [5.74, 6) is -5.18. The molecule has 0 bridgehead atoms. The molecule has 10 heteroatoms. The minimum absolute atomic E-state index is 0.0896. The molecular weight excluding hydrogens is 494 g/mol. The van der Waals surface area contributed by atoms with Crippen LogP contribution in [0.3, 0.4) is 0 Å². The van der Waals surface area contributed by atoms with Gasteiger partial charge >= 0.3 is 12.1 Å². The third kappa shape index (κ3) is 7.03. The molecule has 0 heterocycles. The van der Waals surface area contributed by atoms with Crippen LogP contribution in [-0.2, 0) is 20.7 Å². The van der Waals surface area contributed by atoms with E-state index in [0.717, 1.165) is 6.92 Å². The lowest BCUT2D eigenvalue weighted by molar-refractivity contribution is -0.178. The first-order chi connectivity index (χ1) is 15.9. The van der Waals surface area contributed by atoms with Crippen LogP contribution in [0.15, 0.2) is 36.4 Å². The highest BCUT2D eigenvalue weighted by Crippen LogP contribution is 2.40. The number of ether oxygens (including phenoxy) is 2. The van der Waals surface area contributed by atoms with Crippen LogP contribution < -0.4 is 10.1 Å². The number of carbonyl (C=O) groups is 2. The number of alkyl halides is 3. The molecule has 0 aromatic heterocycles. The van der Waals surface area contributed by atoms with E-state index in [2.05, 4.69) is 5.32 Å². The van der Waals surface area contributed by atoms with Crippen molar-refractivity contribution in [3.63, 3.8) is 0 Å². The second-order valence-electron chi connectivity index (χ2n) is 7.86. The molecule has 34 heavy (non-hydrogen) atoms. The molecule has 5 nitrogen and oxygen atoms in total. The van der Waals surface area contributed by atoms with E-state index in [1.54, 1.807) is 19.9 Å². The zero-order valence-electron chi connectivity index (χ0n) is 19.1. The summed E-state index contributed by atoms with van der Waals surface area (Å²) in [4.78, 5) is 25.1. The molecule has 0 aliphatic heterocycles. The van der Waals surface area contributed by atoms with Crippen molar-refractivity contribution in [2.24, 2.45) is 11.8 Å². The van der Waals surface area contributed by atoms with Crippen molar-refractivity contribution in [1.29, 1.82) is 0 Å².